The van der Waals surface area contributed by atoms with Crippen LogP contribution in [-0.2, 0) is 9.47 Å². The van der Waals surface area contributed by atoms with E-state index in [1.54, 1.807) is 0 Å². The molecule has 3 heterocycles. The second kappa shape index (κ2) is 22.5. The molecule has 0 radical (unpaired) electrons. The highest BCUT2D eigenvalue weighted by atomic mass is 35.5. The zero-order chi connectivity index (χ0) is 34.6. The van der Waals surface area contributed by atoms with Gasteiger partial charge < -0.3 is 45.8 Å². The summed E-state index contributed by atoms with van der Waals surface area (Å²) < 4.78 is 25.3. The highest BCUT2D eigenvalue weighted by Crippen LogP contribution is 2.13. The van der Waals surface area contributed by atoms with Crippen LogP contribution in [0.15, 0.2) is 0 Å². The number of nitrogens with two attached hydrogens (primary N) is 2. The van der Waals surface area contributed by atoms with E-state index in [0.717, 1.165) is 0 Å². The van der Waals surface area contributed by atoms with Crippen LogP contribution in [0.25, 0.3) is 0 Å². The lowest BCUT2D eigenvalue weighted by Gasteiger charge is -2.17. The van der Waals surface area contributed by atoms with Gasteiger partial charge in [0.1, 0.15) is 0 Å². The first-order chi connectivity index (χ1) is 21.7. The summed E-state index contributed by atoms with van der Waals surface area (Å²) in [6.45, 7) is 9.64. The number of anilines is 2. The minimum absolute atomic E-state index is 0.0249. The Morgan fingerprint density at radius 1 is 0.500 bits per heavy atom. The van der Waals surface area contributed by atoms with E-state index in [0.29, 0.717) is 38.3 Å². The van der Waals surface area contributed by atoms with E-state index in [-0.39, 0.29) is 63.3 Å². The maximum Gasteiger partial charge on any atom is 0.322 e. The molecule has 0 amide bonds. The Bertz CT molecular complexity index is 1210. The largest absolute Gasteiger partial charge is 0.467 e. The van der Waals surface area contributed by atoms with E-state index in [9.17, 15) is 0 Å². The number of rotatable bonds is 15. The molecule has 18 nitrogen and oxygen atoms in total. The van der Waals surface area contributed by atoms with Crippen LogP contribution in [0.1, 0.15) is 27.7 Å². The predicted octanol–water partition coefficient (Wildman–Crippen LogP) is 2.58. The lowest BCUT2D eigenvalue weighted by molar-refractivity contribution is 0.115. The van der Waals surface area contributed by atoms with Crippen LogP contribution in [0.2, 0.25) is 21.1 Å². The van der Waals surface area contributed by atoms with Gasteiger partial charge in [0.15, 0.2) is 0 Å². The fourth-order valence-corrected chi connectivity index (χ4v) is 3.41. The summed E-state index contributed by atoms with van der Waals surface area (Å²) in [5.74, 6) is 0.613. The highest BCUT2D eigenvalue weighted by Gasteiger charge is 2.12. The molecule has 0 bridgehead atoms. The quantitative estimate of drug-likeness (QED) is 0.176. The SMILES string of the molecule is CC(N)COCC(C)N.COc1nc(Cl)nc(Cl)n1.COc1nc(Cl)nc(NC(C)COCC(C)Nc2nc(Cl)nc(OC)n2)n1. The summed E-state index contributed by atoms with van der Waals surface area (Å²) in [6, 6.07) is 0.460. The first kappa shape index (κ1) is 41.1. The number of ether oxygens (including phenoxy) is 5. The zero-order valence-corrected chi connectivity index (χ0v) is 29.4. The summed E-state index contributed by atoms with van der Waals surface area (Å²) >= 11 is 22.4. The molecule has 46 heavy (non-hydrogen) atoms. The number of halogens is 4. The Hall–Kier alpha value is -2.97. The molecule has 0 saturated carbocycles. The molecule has 6 N–H and O–H groups in total. The molecule has 0 aliphatic heterocycles. The van der Waals surface area contributed by atoms with Crippen molar-refractivity contribution in [2.24, 2.45) is 11.5 Å². The van der Waals surface area contributed by atoms with Crippen molar-refractivity contribution in [2.75, 3.05) is 58.4 Å². The van der Waals surface area contributed by atoms with Crippen LogP contribution < -0.4 is 36.3 Å². The standard InChI is InChI=1S/C14H20Cl2N8O3.C6H16N2O.C4H3Cl2N3O/c1-7(17-11-19-9(15)21-13(23-11)25-3)5-27-6-8(2)18-12-20-10(16)22-14(24-12)26-4;1-5(7)3-9-4-6(2)8;1-10-4-8-2(5)7-3(6)9-4/h7-8H,5-6H2,1-4H3,(H,17,19,21,23)(H,18,20,22,24);5-6H,3-4,7-8H2,1-2H3;1H3. The molecule has 0 saturated heterocycles. The van der Waals surface area contributed by atoms with Gasteiger partial charge in [-0.05, 0) is 74.1 Å². The Morgan fingerprint density at radius 3 is 1.13 bits per heavy atom. The van der Waals surface area contributed by atoms with Gasteiger partial charge in [-0.15, -0.1) is 0 Å². The van der Waals surface area contributed by atoms with Crippen LogP contribution in [0, 0.1) is 0 Å². The number of nitrogens with zero attached hydrogens (tertiary/aromatic N) is 9. The summed E-state index contributed by atoms with van der Waals surface area (Å²) in [7, 11) is 4.32. The van der Waals surface area contributed by atoms with Gasteiger partial charge in [0.25, 0.3) is 0 Å². The summed E-state index contributed by atoms with van der Waals surface area (Å²) in [6.07, 6.45) is 0. The van der Waals surface area contributed by atoms with Gasteiger partial charge in [-0.1, -0.05) is 0 Å². The van der Waals surface area contributed by atoms with E-state index in [1.165, 1.54) is 21.3 Å². The van der Waals surface area contributed by atoms with E-state index >= 15 is 0 Å². The fraction of sp³-hybridized carbons (Fsp3) is 0.625. The third-order valence-electron chi connectivity index (χ3n) is 4.53. The Morgan fingerprint density at radius 2 is 0.804 bits per heavy atom. The second-order valence-electron chi connectivity index (χ2n) is 9.31. The number of aromatic nitrogens is 9. The molecule has 3 aromatic rings. The normalized spacial score (nSPS) is 13.1. The molecule has 0 aromatic carbocycles. The maximum absolute atomic E-state index is 5.81. The van der Waals surface area contributed by atoms with Crippen molar-refractivity contribution < 1.29 is 23.7 Å². The average Bonchev–Trinajstić information content (AvgIpc) is 2.96. The van der Waals surface area contributed by atoms with Crippen LogP contribution in [0.4, 0.5) is 11.9 Å². The molecule has 0 aliphatic carbocycles. The van der Waals surface area contributed by atoms with E-state index in [2.05, 4.69) is 60.2 Å². The van der Waals surface area contributed by atoms with Gasteiger partial charge in [-0.2, -0.15) is 44.9 Å². The van der Waals surface area contributed by atoms with Gasteiger partial charge in [0.05, 0.1) is 47.8 Å². The first-order valence-electron chi connectivity index (χ1n) is 13.5. The lowest BCUT2D eigenvalue weighted by Crippen LogP contribution is -2.28. The zero-order valence-electron chi connectivity index (χ0n) is 26.4. The topological polar surface area (TPSA) is 238 Å². The van der Waals surface area contributed by atoms with Gasteiger partial charge in [-0.3, -0.25) is 0 Å². The summed E-state index contributed by atoms with van der Waals surface area (Å²) in [5, 5.41) is 6.27. The third kappa shape index (κ3) is 18.9. The molecule has 3 rings (SSSR count). The van der Waals surface area contributed by atoms with E-state index in [1.807, 2.05) is 27.7 Å². The van der Waals surface area contributed by atoms with Crippen molar-refractivity contribution in [3.8, 4) is 18.0 Å². The molecule has 22 heteroatoms. The molecule has 0 fully saturated rings. The van der Waals surface area contributed by atoms with Crippen molar-refractivity contribution in [3.63, 3.8) is 0 Å². The Balaban J connectivity index is 0.000000453. The van der Waals surface area contributed by atoms with E-state index in [4.69, 9.17) is 76.8 Å². The summed E-state index contributed by atoms with van der Waals surface area (Å²) in [4.78, 5) is 34.4. The molecular formula is C24H39Cl4N13O5. The van der Waals surface area contributed by atoms with Crippen molar-refractivity contribution in [2.45, 2.75) is 51.9 Å². The third-order valence-corrected chi connectivity index (χ3v) is 5.21. The minimum atomic E-state index is -0.0768. The first-order valence-corrected chi connectivity index (χ1v) is 15.0. The van der Waals surface area contributed by atoms with Crippen molar-refractivity contribution in [1.82, 2.24) is 44.9 Å². The summed E-state index contributed by atoms with van der Waals surface area (Å²) in [5.41, 5.74) is 10.8. The van der Waals surface area contributed by atoms with Crippen LogP contribution in [0.5, 0.6) is 18.0 Å². The second-order valence-corrected chi connectivity index (χ2v) is 10.7. The highest BCUT2D eigenvalue weighted by molar-refractivity contribution is 6.31. The molecule has 0 spiro atoms. The van der Waals surface area contributed by atoms with Crippen LogP contribution in [-0.4, -0.2) is 117 Å². The van der Waals surface area contributed by atoms with Gasteiger partial charge in [-0.25, -0.2) is 0 Å². The van der Waals surface area contributed by atoms with Crippen LogP contribution in [0.3, 0.4) is 0 Å². The Labute approximate surface area is 287 Å². The molecule has 3 aromatic heterocycles. The predicted molar refractivity (Wildman–Crippen MR) is 174 cm³/mol. The molecule has 0 aliphatic rings. The van der Waals surface area contributed by atoms with Gasteiger partial charge in [0, 0.05) is 24.2 Å². The molecule has 4 unspecified atom stereocenters. The fourth-order valence-electron chi connectivity index (χ4n) is 2.76. The molecule has 4 atom stereocenters. The van der Waals surface area contributed by atoms with Crippen molar-refractivity contribution in [1.29, 1.82) is 0 Å². The van der Waals surface area contributed by atoms with Gasteiger partial charge >= 0.3 is 18.0 Å². The number of hydrogen-bond acceptors (Lipinski definition) is 18. The molecular weight excluding hydrogens is 692 g/mol. The lowest BCUT2D eigenvalue weighted by atomic mass is 10.3. The molecule has 258 valence electrons. The monoisotopic (exact) mass is 729 g/mol. The smallest absolute Gasteiger partial charge is 0.322 e. The van der Waals surface area contributed by atoms with Crippen LogP contribution >= 0.6 is 46.4 Å². The average molecular weight is 731 g/mol. The van der Waals surface area contributed by atoms with Crippen molar-refractivity contribution in [3.05, 3.63) is 21.1 Å². The van der Waals surface area contributed by atoms with Gasteiger partial charge in [0.2, 0.25) is 33.0 Å². The number of hydrogen-bond donors (Lipinski definition) is 4. The minimum Gasteiger partial charge on any atom is -0.467 e. The maximum atomic E-state index is 5.81. The Kier molecular flexibility index (Phi) is 20.1. The number of methoxy groups -OCH3 is 3. The number of nitrogens with one attached hydrogen (secondary N) is 2. The van der Waals surface area contributed by atoms with Crippen molar-refractivity contribution >= 4 is 58.3 Å². The van der Waals surface area contributed by atoms with E-state index < -0.39 is 0 Å².